The van der Waals surface area contributed by atoms with Crippen LogP contribution in [0.1, 0.15) is 17.5 Å². The van der Waals surface area contributed by atoms with Gasteiger partial charge in [-0.05, 0) is 24.5 Å². The van der Waals surface area contributed by atoms with Crippen molar-refractivity contribution in [1.29, 1.82) is 0 Å². The number of aliphatic hydroxyl groups excluding tert-OH is 1. The third kappa shape index (κ3) is 2.42. The molecule has 3 heteroatoms. The van der Waals surface area contributed by atoms with Gasteiger partial charge in [0.25, 0.3) is 0 Å². The lowest BCUT2D eigenvalue weighted by Gasteiger charge is -2.16. The molecule has 1 aromatic rings. The van der Waals surface area contributed by atoms with E-state index in [2.05, 4.69) is 19.1 Å². The summed E-state index contributed by atoms with van der Waals surface area (Å²) >= 11 is 0. The lowest BCUT2D eigenvalue weighted by Crippen LogP contribution is -2.28. The minimum Gasteiger partial charge on any atom is -0.391 e. The highest BCUT2D eigenvalue weighted by atomic mass is 16.3. The van der Waals surface area contributed by atoms with E-state index in [1.165, 1.54) is 11.1 Å². The maximum absolute atomic E-state index is 11.5. The van der Waals surface area contributed by atoms with E-state index in [-0.39, 0.29) is 12.3 Å². The highest BCUT2D eigenvalue weighted by Crippen LogP contribution is 2.13. The Morgan fingerprint density at radius 2 is 2.19 bits per heavy atom. The minimum absolute atomic E-state index is 0.0704. The van der Waals surface area contributed by atoms with Crippen LogP contribution in [0.4, 0.5) is 0 Å². The first kappa shape index (κ1) is 11.1. The molecule has 1 atom stereocenters. The molecule has 0 radical (unpaired) electrons. The number of hydrogen-bond acceptors (Lipinski definition) is 2. The zero-order valence-corrected chi connectivity index (χ0v) is 9.52. The molecule has 0 saturated carbocycles. The van der Waals surface area contributed by atoms with Crippen LogP contribution in [0.2, 0.25) is 0 Å². The fourth-order valence-electron chi connectivity index (χ4n) is 2.11. The van der Waals surface area contributed by atoms with Gasteiger partial charge in [0.15, 0.2) is 0 Å². The summed E-state index contributed by atoms with van der Waals surface area (Å²) in [6.07, 6.45) is 0.684. The van der Waals surface area contributed by atoms with Crippen LogP contribution in [0, 0.1) is 6.92 Å². The lowest BCUT2D eigenvalue weighted by atomic mass is 10.1. The zero-order chi connectivity index (χ0) is 11.5. The van der Waals surface area contributed by atoms with Gasteiger partial charge in [0, 0.05) is 13.1 Å². The van der Waals surface area contributed by atoms with Crippen molar-refractivity contribution >= 4 is 5.91 Å². The molecule has 1 aromatic carbocycles. The van der Waals surface area contributed by atoms with Crippen molar-refractivity contribution in [3.05, 3.63) is 35.4 Å². The molecule has 1 amide bonds. The molecule has 1 saturated heterocycles. The largest absolute Gasteiger partial charge is 0.391 e. The maximum Gasteiger partial charge on any atom is 0.225 e. The van der Waals surface area contributed by atoms with Gasteiger partial charge in [0.05, 0.1) is 12.5 Å². The highest BCUT2D eigenvalue weighted by Gasteiger charge is 2.27. The van der Waals surface area contributed by atoms with Crippen LogP contribution in [0.25, 0.3) is 0 Å². The summed E-state index contributed by atoms with van der Waals surface area (Å²) in [5.41, 5.74) is 2.53. The Balaban J connectivity index is 1.93. The number of carbonyl (C=O) groups is 1. The predicted molar refractivity (Wildman–Crippen MR) is 62.1 cm³/mol. The highest BCUT2D eigenvalue weighted by molar-refractivity contribution is 5.79. The average molecular weight is 219 g/mol. The van der Waals surface area contributed by atoms with Gasteiger partial charge in [0.2, 0.25) is 5.91 Å². The smallest absolute Gasteiger partial charge is 0.225 e. The monoisotopic (exact) mass is 219 g/mol. The Labute approximate surface area is 95.7 Å². The average Bonchev–Trinajstić information content (AvgIpc) is 2.56. The summed E-state index contributed by atoms with van der Waals surface area (Å²) in [6.45, 7) is 3.28. The Morgan fingerprint density at radius 1 is 1.44 bits per heavy atom. The number of benzene rings is 1. The molecule has 1 fully saturated rings. The van der Waals surface area contributed by atoms with E-state index in [0.29, 0.717) is 13.1 Å². The minimum atomic E-state index is -0.468. The third-order valence-corrected chi connectivity index (χ3v) is 3.11. The molecule has 1 aliphatic heterocycles. The molecule has 1 unspecified atom stereocenters. The third-order valence-electron chi connectivity index (χ3n) is 3.11. The number of aliphatic hydroxyl groups is 1. The molecule has 16 heavy (non-hydrogen) atoms. The number of nitrogens with zero attached hydrogens (tertiary/aromatic N) is 1. The van der Waals surface area contributed by atoms with Crippen molar-refractivity contribution in [1.82, 2.24) is 4.90 Å². The van der Waals surface area contributed by atoms with Crippen molar-refractivity contribution in [2.24, 2.45) is 0 Å². The standard InChI is InChI=1S/C13H17NO2/c1-10-4-2-3-5-11(10)6-7-14-9-12(15)8-13(14)16/h2-5,12,15H,6-9H2,1H3. The van der Waals surface area contributed by atoms with Crippen LogP contribution in [-0.4, -0.2) is 35.1 Å². The quantitative estimate of drug-likeness (QED) is 0.828. The van der Waals surface area contributed by atoms with E-state index >= 15 is 0 Å². The van der Waals surface area contributed by atoms with E-state index in [1.807, 2.05) is 12.1 Å². The van der Waals surface area contributed by atoms with Crippen molar-refractivity contribution < 1.29 is 9.90 Å². The van der Waals surface area contributed by atoms with Crippen LogP contribution in [0.5, 0.6) is 0 Å². The zero-order valence-electron chi connectivity index (χ0n) is 9.52. The van der Waals surface area contributed by atoms with Crippen LogP contribution >= 0.6 is 0 Å². The maximum atomic E-state index is 11.5. The number of β-amino-alcohol motifs (C(OH)–C–C–N with tert-alkyl or cyclic N) is 1. The van der Waals surface area contributed by atoms with E-state index < -0.39 is 6.10 Å². The number of likely N-dealkylation sites (tertiary alicyclic amines) is 1. The SMILES string of the molecule is Cc1ccccc1CCN1CC(O)CC1=O. The molecule has 1 heterocycles. The number of hydrogen-bond donors (Lipinski definition) is 1. The molecule has 0 bridgehead atoms. The van der Waals surface area contributed by atoms with Crippen LogP contribution in [0.15, 0.2) is 24.3 Å². The lowest BCUT2D eigenvalue weighted by molar-refractivity contribution is -0.127. The van der Waals surface area contributed by atoms with Gasteiger partial charge in [-0.3, -0.25) is 4.79 Å². The predicted octanol–water partition coefficient (Wildman–Crippen LogP) is 1.13. The van der Waals surface area contributed by atoms with Gasteiger partial charge >= 0.3 is 0 Å². The molecule has 0 aromatic heterocycles. The van der Waals surface area contributed by atoms with E-state index in [1.54, 1.807) is 4.90 Å². The molecular formula is C13H17NO2. The van der Waals surface area contributed by atoms with Gasteiger partial charge in [-0.1, -0.05) is 24.3 Å². The van der Waals surface area contributed by atoms with Crippen LogP contribution in [-0.2, 0) is 11.2 Å². The fraction of sp³-hybridized carbons (Fsp3) is 0.462. The summed E-state index contributed by atoms with van der Waals surface area (Å²) in [4.78, 5) is 13.2. The molecule has 3 nitrogen and oxygen atoms in total. The summed E-state index contributed by atoms with van der Waals surface area (Å²) in [6, 6.07) is 8.20. The summed E-state index contributed by atoms with van der Waals surface area (Å²) in [7, 11) is 0. The second-order valence-electron chi connectivity index (χ2n) is 4.37. The normalized spacial score (nSPS) is 20.5. The first-order chi connectivity index (χ1) is 7.66. The first-order valence-corrected chi connectivity index (χ1v) is 5.67. The topological polar surface area (TPSA) is 40.5 Å². The molecule has 0 spiro atoms. The van der Waals surface area contributed by atoms with Crippen LogP contribution in [0.3, 0.4) is 0 Å². The number of amides is 1. The Hall–Kier alpha value is -1.35. The van der Waals surface area contributed by atoms with Gasteiger partial charge in [-0.25, -0.2) is 0 Å². The van der Waals surface area contributed by atoms with E-state index in [9.17, 15) is 9.90 Å². The van der Waals surface area contributed by atoms with E-state index in [4.69, 9.17) is 0 Å². The van der Waals surface area contributed by atoms with Crippen molar-refractivity contribution in [2.75, 3.05) is 13.1 Å². The van der Waals surface area contributed by atoms with Gasteiger partial charge < -0.3 is 10.0 Å². The van der Waals surface area contributed by atoms with E-state index in [0.717, 1.165) is 6.42 Å². The van der Waals surface area contributed by atoms with Crippen molar-refractivity contribution in [2.45, 2.75) is 25.9 Å². The molecule has 0 aliphatic carbocycles. The molecule has 1 aliphatic rings. The molecular weight excluding hydrogens is 202 g/mol. The van der Waals surface area contributed by atoms with Gasteiger partial charge in [-0.15, -0.1) is 0 Å². The van der Waals surface area contributed by atoms with Crippen LogP contribution < -0.4 is 0 Å². The Bertz CT molecular complexity index is 389. The fourth-order valence-corrected chi connectivity index (χ4v) is 2.11. The first-order valence-electron chi connectivity index (χ1n) is 5.67. The number of rotatable bonds is 3. The Morgan fingerprint density at radius 3 is 2.81 bits per heavy atom. The van der Waals surface area contributed by atoms with Crippen molar-refractivity contribution in [3.8, 4) is 0 Å². The van der Waals surface area contributed by atoms with Gasteiger partial charge in [-0.2, -0.15) is 0 Å². The molecule has 86 valence electrons. The number of aryl methyl sites for hydroxylation is 1. The Kier molecular flexibility index (Phi) is 3.25. The second kappa shape index (κ2) is 4.66. The summed E-state index contributed by atoms with van der Waals surface area (Å²) in [5.74, 6) is 0.0704. The molecule has 2 rings (SSSR count). The van der Waals surface area contributed by atoms with Gasteiger partial charge in [0.1, 0.15) is 0 Å². The second-order valence-corrected chi connectivity index (χ2v) is 4.37. The van der Waals surface area contributed by atoms with Crippen molar-refractivity contribution in [3.63, 3.8) is 0 Å². The molecule has 1 N–H and O–H groups in total. The summed E-state index contributed by atoms with van der Waals surface area (Å²) < 4.78 is 0. The summed E-state index contributed by atoms with van der Waals surface area (Å²) in [5, 5.41) is 9.36. The number of carbonyl (C=O) groups excluding carboxylic acids is 1.